The first-order valence-corrected chi connectivity index (χ1v) is 5.96. The van der Waals surface area contributed by atoms with Gasteiger partial charge in [0.25, 0.3) is 0 Å². The highest BCUT2D eigenvalue weighted by molar-refractivity contribution is 14.1. The maximum Gasteiger partial charge on any atom is 0.133 e. The third kappa shape index (κ3) is 3.40. The molecular formula is C12H15IO. The number of Topliss-reactive ketones (excluding diaryl/α,β-unsaturated/α-hetero) is 1. The lowest BCUT2D eigenvalue weighted by molar-refractivity contribution is -0.120. The van der Waals surface area contributed by atoms with Gasteiger partial charge < -0.3 is 0 Å². The lowest BCUT2D eigenvalue weighted by Crippen LogP contribution is -2.12. The molecule has 1 atom stereocenters. The van der Waals surface area contributed by atoms with Gasteiger partial charge in [-0.25, -0.2) is 0 Å². The smallest absolute Gasteiger partial charge is 0.133 e. The Morgan fingerprint density at radius 2 is 1.93 bits per heavy atom. The van der Waals surface area contributed by atoms with Crippen LogP contribution in [0, 0.1) is 9.49 Å². The average Bonchev–Trinajstić information content (AvgIpc) is 2.16. The summed E-state index contributed by atoms with van der Waals surface area (Å²) < 4.78 is 1.24. The molecule has 0 N–H and O–H groups in total. The highest BCUT2D eigenvalue weighted by Crippen LogP contribution is 2.14. The zero-order chi connectivity index (χ0) is 10.6. The van der Waals surface area contributed by atoms with Crippen molar-refractivity contribution in [1.82, 2.24) is 0 Å². The van der Waals surface area contributed by atoms with Crippen molar-refractivity contribution in [3.8, 4) is 0 Å². The van der Waals surface area contributed by atoms with Crippen LogP contribution in [0.4, 0.5) is 0 Å². The Morgan fingerprint density at radius 1 is 1.36 bits per heavy atom. The molecule has 0 spiro atoms. The Morgan fingerprint density at radius 3 is 2.36 bits per heavy atom. The molecule has 0 aromatic heterocycles. The predicted molar refractivity (Wildman–Crippen MR) is 67.3 cm³/mol. The number of carbonyl (C=O) groups excluding carboxylic acids is 1. The maximum absolute atomic E-state index is 11.2. The standard InChI is InChI=1S/C12H15IO/c1-3-11(9(2)14)8-10-4-6-12(13)7-5-10/h4-7,11H,3,8H2,1-2H3. The summed E-state index contributed by atoms with van der Waals surface area (Å²) in [5.74, 6) is 0.487. The summed E-state index contributed by atoms with van der Waals surface area (Å²) in [6, 6.07) is 8.38. The Bertz CT molecular complexity index is 303. The molecule has 0 saturated carbocycles. The van der Waals surface area contributed by atoms with E-state index in [1.54, 1.807) is 6.92 Å². The van der Waals surface area contributed by atoms with Gasteiger partial charge in [-0.15, -0.1) is 0 Å². The van der Waals surface area contributed by atoms with Gasteiger partial charge in [-0.3, -0.25) is 4.79 Å². The van der Waals surface area contributed by atoms with E-state index in [1.165, 1.54) is 9.13 Å². The van der Waals surface area contributed by atoms with E-state index >= 15 is 0 Å². The van der Waals surface area contributed by atoms with E-state index in [0.29, 0.717) is 5.78 Å². The summed E-state index contributed by atoms with van der Waals surface area (Å²) in [6.07, 6.45) is 1.81. The maximum atomic E-state index is 11.2. The molecule has 0 aliphatic rings. The summed E-state index contributed by atoms with van der Waals surface area (Å²) >= 11 is 2.29. The van der Waals surface area contributed by atoms with Crippen LogP contribution < -0.4 is 0 Å². The number of hydrogen-bond donors (Lipinski definition) is 0. The van der Waals surface area contributed by atoms with Crippen LogP contribution in [0.3, 0.4) is 0 Å². The molecular weight excluding hydrogens is 287 g/mol. The molecule has 0 aliphatic heterocycles. The van der Waals surface area contributed by atoms with Crippen molar-refractivity contribution in [2.24, 2.45) is 5.92 Å². The van der Waals surface area contributed by atoms with Crippen LogP contribution in [0.1, 0.15) is 25.8 Å². The first-order valence-electron chi connectivity index (χ1n) is 4.88. The van der Waals surface area contributed by atoms with Gasteiger partial charge in [0.15, 0.2) is 0 Å². The molecule has 0 radical (unpaired) electrons. The Kier molecular flexibility index (Phi) is 4.58. The molecule has 0 heterocycles. The van der Waals surface area contributed by atoms with Gasteiger partial charge in [0.05, 0.1) is 0 Å². The molecule has 0 saturated heterocycles. The fourth-order valence-electron chi connectivity index (χ4n) is 1.48. The molecule has 76 valence electrons. The number of benzene rings is 1. The van der Waals surface area contributed by atoms with Gasteiger partial charge in [0.2, 0.25) is 0 Å². The number of ketones is 1. The van der Waals surface area contributed by atoms with Crippen LogP contribution in [0.2, 0.25) is 0 Å². The van der Waals surface area contributed by atoms with Crippen LogP contribution in [-0.4, -0.2) is 5.78 Å². The van der Waals surface area contributed by atoms with Crippen molar-refractivity contribution in [2.75, 3.05) is 0 Å². The summed E-state index contributed by atoms with van der Waals surface area (Å²) in [4.78, 5) is 11.2. The highest BCUT2D eigenvalue weighted by atomic mass is 127. The van der Waals surface area contributed by atoms with Crippen molar-refractivity contribution in [3.05, 3.63) is 33.4 Å². The quantitative estimate of drug-likeness (QED) is 0.779. The minimum Gasteiger partial charge on any atom is -0.300 e. The summed E-state index contributed by atoms with van der Waals surface area (Å²) in [6.45, 7) is 3.75. The summed E-state index contributed by atoms with van der Waals surface area (Å²) in [7, 11) is 0. The second-order valence-corrected chi connectivity index (χ2v) is 4.79. The number of carbonyl (C=O) groups is 1. The molecule has 1 unspecified atom stereocenters. The van der Waals surface area contributed by atoms with Crippen molar-refractivity contribution in [3.63, 3.8) is 0 Å². The lowest BCUT2D eigenvalue weighted by atomic mass is 9.94. The zero-order valence-corrected chi connectivity index (χ0v) is 10.7. The molecule has 1 aromatic carbocycles. The van der Waals surface area contributed by atoms with Gasteiger partial charge in [-0.05, 0) is 60.1 Å². The number of halogens is 1. The molecule has 2 heteroatoms. The summed E-state index contributed by atoms with van der Waals surface area (Å²) in [5, 5.41) is 0. The van der Waals surface area contributed by atoms with E-state index in [-0.39, 0.29) is 5.92 Å². The van der Waals surface area contributed by atoms with Gasteiger partial charge in [0, 0.05) is 9.49 Å². The molecule has 0 aliphatic carbocycles. The Labute approximate surface area is 99.0 Å². The average molecular weight is 302 g/mol. The molecule has 0 fully saturated rings. The van der Waals surface area contributed by atoms with Gasteiger partial charge >= 0.3 is 0 Å². The molecule has 1 nitrogen and oxygen atoms in total. The van der Waals surface area contributed by atoms with Crippen LogP contribution >= 0.6 is 22.6 Å². The molecule has 14 heavy (non-hydrogen) atoms. The molecule has 0 bridgehead atoms. The van der Waals surface area contributed by atoms with Gasteiger partial charge in [-0.2, -0.15) is 0 Å². The zero-order valence-electron chi connectivity index (χ0n) is 8.59. The molecule has 1 rings (SSSR count). The number of rotatable bonds is 4. The number of hydrogen-bond acceptors (Lipinski definition) is 1. The van der Waals surface area contributed by atoms with Crippen molar-refractivity contribution in [2.45, 2.75) is 26.7 Å². The van der Waals surface area contributed by atoms with Crippen molar-refractivity contribution in [1.29, 1.82) is 0 Å². The largest absolute Gasteiger partial charge is 0.300 e. The fraction of sp³-hybridized carbons (Fsp3) is 0.417. The molecule has 0 amide bonds. The monoisotopic (exact) mass is 302 g/mol. The van der Waals surface area contributed by atoms with E-state index in [2.05, 4.69) is 53.8 Å². The van der Waals surface area contributed by atoms with Crippen molar-refractivity contribution >= 4 is 28.4 Å². The lowest BCUT2D eigenvalue weighted by Gasteiger charge is -2.10. The normalized spacial score (nSPS) is 12.5. The minimum absolute atomic E-state index is 0.190. The third-order valence-corrected chi connectivity index (χ3v) is 3.18. The van der Waals surface area contributed by atoms with E-state index in [9.17, 15) is 4.79 Å². The first kappa shape index (κ1) is 11.7. The van der Waals surface area contributed by atoms with E-state index in [4.69, 9.17) is 0 Å². The van der Waals surface area contributed by atoms with Gasteiger partial charge in [-0.1, -0.05) is 19.1 Å². The SMILES string of the molecule is CCC(Cc1ccc(I)cc1)C(C)=O. The van der Waals surface area contributed by atoms with Crippen LogP contribution in [-0.2, 0) is 11.2 Å². The van der Waals surface area contributed by atoms with E-state index in [1.807, 2.05) is 0 Å². The minimum atomic E-state index is 0.190. The van der Waals surface area contributed by atoms with Crippen LogP contribution in [0.15, 0.2) is 24.3 Å². The van der Waals surface area contributed by atoms with E-state index < -0.39 is 0 Å². The van der Waals surface area contributed by atoms with Crippen LogP contribution in [0.25, 0.3) is 0 Å². The second-order valence-electron chi connectivity index (χ2n) is 3.55. The van der Waals surface area contributed by atoms with Crippen molar-refractivity contribution < 1.29 is 4.79 Å². The highest BCUT2D eigenvalue weighted by Gasteiger charge is 2.11. The van der Waals surface area contributed by atoms with Crippen LogP contribution in [0.5, 0.6) is 0 Å². The summed E-state index contributed by atoms with van der Waals surface area (Å²) in [5.41, 5.74) is 1.26. The topological polar surface area (TPSA) is 17.1 Å². The molecule has 1 aromatic rings. The Balaban J connectivity index is 2.67. The fourth-order valence-corrected chi connectivity index (χ4v) is 1.84. The van der Waals surface area contributed by atoms with E-state index in [0.717, 1.165) is 12.8 Å². The third-order valence-electron chi connectivity index (χ3n) is 2.46. The van der Waals surface area contributed by atoms with Gasteiger partial charge in [0.1, 0.15) is 5.78 Å². The predicted octanol–water partition coefficient (Wildman–Crippen LogP) is 3.45. The second kappa shape index (κ2) is 5.49. The first-order chi connectivity index (χ1) is 6.63. The Hall–Kier alpha value is -0.380.